The van der Waals surface area contributed by atoms with E-state index in [4.69, 9.17) is 5.26 Å². The number of hydrogen-bond donors (Lipinski definition) is 2. The minimum Gasteiger partial charge on any atom is -0.395 e. The van der Waals surface area contributed by atoms with Gasteiger partial charge in [-0.1, -0.05) is 18.2 Å². The highest BCUT2D eigenvalue weighted by molar-refractivity contribution is 6.01. The van der Waals surface area contributed by atoms with Crippen LogP contribution in [0.1, 0.15) is 29.7 Å². The number of nitrogens with zero attached hydrogens (tertiary/aromatic N) is 3. The number of pyridine rings is 1. The molecule has 3 heterocycles. The molecule has 1 fully saturated rings. The van der Waals surface area contributed by atoms with E-state index in [1.54, 1.807) is 30.5 Å². The lowest BCUT2D eigenvalue weighted by atomic mass is 9.94. The maximum atomic E-state index is 13.4. The van der Waals surface area contributed by atoms with Crippen LogP contribution in [0, 0.1) is 18.3 Å². The molecule has 1 unspecified atom stereocenters. The summed E-state index contributed by atoms with van der Waals surface area (Å²) in [5.41, 5.74) is 1.84. The highest BCUT2D eigenvalue weighted by Crippen LogP contribution is 2.52. The number of alkyl halides is 2. The molecule has 1 aliphatic carbocycles. The Morgan fingerprint density at radius 3 is 2.79 bits per heavy atom. The minimum absolute atomic E-state index is 0.00840. The summed E-state index contributed by atoms with van der Waals surface area (Å²) >= 11 is 0. The van der Waals surface area contributed by atoms with Gasteiger partial charge in [-0.05, 0) is 55.2 Å². The molecule has 1 aromatic carbocycles. The van der Waals surface area contributed by atoms with Gasteiger partial charge in [0.15, 0.2) is 11.5 Å². The van der Waals surface area contributed by atoms with E-state index < -0.39 is 17.9 Å². The highest BCUT2D eigenvalue weighted by Gasteiger charge is 2.53. The topological polar surface area (TPSA) is 108 Å². The highest BCUT2D eigenvalue weighted by atomic mass is 19.3. The number of allylic oxidation sites excluding steroid dienone is 2. The van der Waals surface area contributed by atoms with Gasteiger partial charge in [0.25, 0.3) is 0 Å². The van der Waals surface area contributed by atoms with Gasteiger partial charge in [-0.15, -0.1) is 8.78 Å². The first-order valence-corrected chi connectivity index (χ1v) is 10.6. The number of amides is 1. The molecule has 0 saturated heterocycles. The Kier molecular flexibility index (Phi) is 5.02. The van der Waals surface area contributed by atoms with Gasteiger partial charge in [0.2, 0.25) is 5.91 Å². The van der Waals surface area contributed by atoms with Crippen LogP contribution >= 0.6 is 0 Å². The standard InChI is InChI=1S/C24H20F2N4O4/c1-14-2-6-19(28-21(14)15-3-7-20(31)30(13-15)11-10-27)29-22(32)23(8-9-23)16-4-5-17-18(12-16)34-24(25,26)33-17/h2-7,12-13,20,31H,8-9,11H2,1H3,(H,28,29,32). The summed E-state index contributed by atoms with van der Waals surface area (Å²) in [7, 11) is 0. The summed E-state index contributed by atoms with van der Waals surface area (Å²) in [5.74, 6) is -0.136. The second-order valence-corrected chi connectivity index (χ2v) is 8.41. The lowest BCUT2D eigenvalue weighted by molar-refractivity contribution is -0.286. The van der Waals surface area contributed by atoms with Crippen LogP contribution < -0.4 is 14.8 Å². The quantitative estimate of drug-likeness (QED) is 0.650. The first kappa shape index (κ1) is 21.9. The van der Waals surface area contributed by atoms with Crippen LogP contribution in [0.5, 0.6) is 11.5 Å². The fourth-order valence-corrected chi connectivity index (χ4v) is 4.10. The zero-order chi connectivity index (χ0) is 24.1. The first-order valence-electron chi connectivity index (χ1n) is 10.6. The normalized spacial score (nSPS) is 21.0. The number of benzene rings is 1. The van der Waals surface area contributed by atoms with Crippen molar-refractivity contribution in [1.29, 1.82) is 5.26 Å². The van der Waals surface area contributed by atoms with Gasteiger partial charge < -0.3 is 24.8 Å². The maximum absolute atomic E-state index is 13.4. The van der Waals surface area contributed by atoms with Crippen LogP contribution in [0.2, 0.25) is 0 Å². The van der Waals surface area contributed by atoms with E-state index in [9.17, 15) is 18.7 Å². The Morgan fingerprint density at radius 2 is 2.06 bits per heavy atom. The Bertz CT molecular complexity index is 1280. The number of aryl methyl sites for hydroxylation is 1. The molecule has 1 saturated carbocycles. The van der Waals surface area contributed by atoms with E-state index in [0.29, 0.717) is 35.5 Å². The second-order valence-electron chi connectivity index (χ2n) is 8.41. The van der Waals surface area contributed by atoms with E-state index in [-0.39, 0.29) is 24.0 Å². The van der Waals surface area contributed by atoms with Crippen LogP contribution in [0.25, 0.3) is 5.57 Å². The van der Waals surface area contributed by atoms with Crippen molar-refractivity contribution in [2.24, 2.45) is 0 Å². The van der Waals surface area contributed by atoms with Gasteiger partial charge >= 0.3 is 6.29 Å². The van der Waals surface area contributed by atoms with Crippen LogP contribution in [0.4, 0.5) is 14.6 Å². The summed E-state index contributed by atoms with van der Waals surface area (Å²) < 4.78 is 35.7. The lowest BCUT2D eigenvalue weighted by Gasteiger charge is -2.26. The van der Waals surface area contributed by atoms with Crippen molar-refractivity contribution in [3.63, 3.8) is 0 Å². The fraction of sp³-hybridized carbons (Fsp3) is 0.292. The van der Waals surface area contributed by atoms with Gasteiger partial charge in [-0.2, -0.15) is 5.26 Å². The number of carbonyl (C=O) groups excluding carboxylic acids is 1. The molecule has 1 atom stereocenters. The lowest BCUT2D eigenvalue weighted by Crippen LogP contribution is -2.31. The van der Waals surface area contributed by atoms with Crippen molar-refractivity contribution in [3.05, 3.63) is 65.5 Å². The molecule has 8 nitrogen and oxygen atoms in total. The monoisotopic (exact) mass is 466 g/mol. The van der Waals surface area contributed by atoms with E-state index >= 15 is 0 Å². The molecule has 2 N–H and O–H groups in total. The number of nitriles is 1. The van der Waals surface area contributed by atoms with E-state index in [0.717, 1.165) is 5.56 Å². The number of ether oxygens (including phenoxy) is 2. The van der Waals surface area contributed by atoms with E-state index in [1.165, 1.54) is 17.0 Å². The summed E-state index contributed by atoms with van der Waals surface area (Å²) in [6.45, 7) is 1.88. The molecule has 0 radical (unpaired) electrons. The smallest absolute Gasteiger partial charge is 0.395 e. The van der Waals surface area contributed by atoms with E-state index in [2.05, 4.69) is 19.8 Å². The third-order valence-electron chi connectivity index (χ3n) is 6.10. The molecule has 2 aromatic rings. The molecule has 0 spiro atoms. The van der Waals surface area contributed by atoms with Crippen molar-refractivity contribution in [1.82, 2.24) is 9.88 Å². The van der Waals surface area contributed by atoms with Gasteiger partial charge in [0, 0.05) is 11.8 Å². The number of anilines is 1. The van der Waals surface area contributed by atoms with Crippen molar-refractivity contribution >= 4 is 17.3 Å². The molecule has 174 valence electrons. The minimum atomic E-state index is -3.72. The number of nitrogens with one attached hydrogen (secondary N) is 1. The average molecular weight is 466 g/mol. The van der Waals surface area contributed by atoms with Gasteiger partial charge in [-0.25, -0.2) is 4.98 Å². The summed E-state index contributed by atoms with van der Waals surface area (Å²) in [5, 5.41) is 21.8. The van der Waals surface area contributed by atoms with Crippen LogP contribution in [0.3, 0.4) is 0 Å². The Labute approximate surface area is 193 Å². The number of fused-ring (bicyclic) bond motifs is 1. The van der Waals surface area contributed by atoms with Crippen LogP contribution in [0.15, 0.2) is 48.7 Å². The number of aliphatic hydroxyl groups excluding tert-OH is 1. The van der Waals surface area contributed by atoms with Crippen molar-refractivity contribution in [3.8, 4) is 17.6 Å². The van der Waals surface area contributed by atoms with Gasteiger partial charge in [-0.3, -0.25) is 4.79 Å². The predicted octanol–water partition coefficient (Wildman–Crippen LogP) is 3.44. The largest absolute Gasteiger partial charge is 0.586 e. The molecule has 34 heavy (non-hydrogen) atoms. The van der Waals surface area contributed by atoms with Gasteiger partial charge in [0.05, 0.1) is 17.2 Å². The molecule has 5 rings (SSSR count). The molecule has 1 amide bonds. The molecule has 3 aliphatic rings. The zero-order valence-electron chi connectivity index (χ0n) is 18.1. The Morgan fingerprint density at radius 1 is 1.29 bits per heavy atom. The number of rotatable bonds is 5. The zero-order valence-corrected chi connectivity index (χ0v) is 18.1. The summed E-state index contributed by atoms with van der Waals surface area (Å²) in [4.78, 5) is 19.3. The number of aliphatic hydroxyl groups is 1. The maximum Gasteiger partial charge on any atom is 0.586 e. The van der Waals surface area contributed by atoms with E-state index in [1.807, 2.05) is 19.1 Å². The van der Waals surface area contributed by atoms with Gasteiger partial charge in [0.1, 0.15) is 18.6 Å². The number of halogens is 2. The average Bonchev–Trinajstić information content (AvgIpc) is 3.54. The number of carbonyl (C=O) groups is 1. The molecule has 2 aliphatic heterocycles. The van der Waals surface area contributed by atoms with Crippen molar-refractivity contribution < 1.29 is 28.2 Å². The third kappa shape index (κ3) is 3.84. The molecule has 10 heteroatoms. The third-order valence-corrected chi connectivity index (χ3v) is 6.10. The van der Waals surface area contributed by atoms with Crippen LogP contribution in [-0.4, -0.2) is 40.0 Å². The second kappa shape index (κ2) is 7.81. The number of aromatic nitrogens is 1. The predicted molar refractivity (Wildman–Crippen MR) is 117 cm³/mol. The number of hydrogen-bond acceptors (Lipinski definition) is 7. The first-order chi connectivity index (χ1) is 16.2. The molecule has 1 aromatic heterocycles. The molecular formula is C24H20F2N4O4. The SMILES string of the molecule is Cc1ccc(NC(=O)C2(c3ccc4c(c3)OC(F)(F)O4)CC2)nc1C1=CN(CC#N)C(O)C=C1. The fourth-order valence-electron chi connectivity index (χ4n) is 4.10. The van der Waals surface area contributed by atoms with Crippen molar-refractivity contribution in [2.45, 2.75) is 37.7 Å². The summed E-state index contributed by atoms with van der Waals surface area (Å²) in [6.07, 6.45) is 1.42. The molecule has 0 bridgehead atoms. The summed E-state index contributed by atoms with van der Waals surface area (Å²) in [6, 6.07) is 9.89. The van der Waals surface area contributed by atoms with Crippen LogP contribution in [-0.2, 0) is 10.2 Å². The Hall–Kier alpha value is -3.97. The molecular weight excluding hydrogens is 446 g/mol. The van der Waals surface area contributed by atoms with Crippen molar-refractivity contribution in [2.75, 3.05) is 11.9 Å². The Balaban J connectivity index is 1.38.